The van der Waals surface area contributed by atoms with Crippen LogP contribution in [0.1, 0.15) is 31.0 Å². The van der Waals surface area contributed by atoms with Crippen LogP contribution in [0.2, 0.25) is 0 Å². The fourth-order valence-electron chi connectivity index (χ4n) is 4.34. The maximum absolute atomic E-state index is 12.3. The lowest BCUT2D eigenvalue weighted by Gasteiger charge is -2.38. The van der Waals surface area contributed by atoms with Crippen LogP contribution in [0.3, 0.4) is 0 Å². The van der Waals surface area contributed by atoms with Gasteiger partial charge in [-0.2, -0.15) is 0 Å². The van der Waals surface area contributed by atoms with Crippen molar-refractivity contribution in [2.45, 2.75) is 32.4 Å². The standard InChI is InChI=1S/C26H37N3O4/c1-19(2)16-20-8-10-21(11-9-20)25(26(27)31)29-14-12-28(13-15-29)17-22(30)18-33-24-7-5-4-6-23(24)32-3/h4-11,19,22,25,30H,12-18H2,1-3H3,(H2,27,31). The summed E-state index contributed by atoms with van der Waals surface area (Å²) in [6, 6.07) is 15.2. The Morgan fingerprint density at radius 1 is 1.03 bits per heavy atom. The van der Waals surface area contributed by atoms with Gasteiger partial charge in [0.15, 0.2) is 11.5 Å². The molecule has 0 bridgehead atoms. The summed E-state index contributed by atoms with van der Waals surface area (Å²) >= 11 is 0. The summed E-state index contributed by atoms with van der Waals surface area (Å²) in [5, 5.41) is 10.5. The Bertz CT molecular complexity index is 879. The van der Waals surface area contributed by atoms with Crippen molar-refractivity contribution in [2.75, 3.05) is 46.4 Å². The lowest BCUT2D eigenvalue weighted by molar-refractivity contribution is -0.124. The van der Waals surface area contributed by atoms with Crippen molar-refractivity contribution in [3.8, 4) is 11.5 Å². The molecule has 2 aromatic rings. The molecule has 0 aromatic heterocycles. The van der Waals surface area contributed by atoms with Crippen molar-refractivity contribution >= 4 is 5.91 Å². The Balaban J connectivity index is 1.50. The molecule has 0 saturated carbocycles. The van der Waals surface area contributed by atoms with E-state index in [4.69, 9.17) is 15.2 Å². The normalized spacial score (nSPS) is 17.0. The van der Waals surface area contributed by atoms with Gasteiger partial charge in [-0.3, -0.25) is 14.6 Å². The molecule has 7 nitrogen and oxygen atoms in total. The molecule has 33 heavy (non-hydrogen) atoms. The van der Waals surface area contributed by atoms with Crippen LogP contribution in [-0.4, -0.2) is 73.4 Å². The quantitative estimate of drug-likeness (QED) is 0.541. The summed E-state index contributed by atoms with van der Waals surface area (Å²) in [5.74, 6) is 1.53. The number of β-amino-alcohol motifs (C(OH)–C–C–N with tert-alkyl or cyclic N) is 1. The highest BCUT2D eigenvalue weighted by Gasteiger charge is 2.29. The van der Waals surface area contributed by atoms with E-state index in [9.17, 15) is 9.90 Å². The number of hydrogen-bond donors (Lipinski definition) is 2. The Morgan fingerprint density at radius 2 is 1.67 bits per heavy atom. The topological polar surface area (TPSA) is 88.3 Å². The first-order valence-electron chi connectivity index (χ1n) is 11.7. The number of amides is 1. The molecule has 1 heterocycles. The summed E-state index contributed by atoms with van der Waals surface area (Å²) in [7, 11) is 1.59. The molecule has 1 saturated heterocycles. The fraction of sp³-hybridized carbons (Fsp3) is 0.500. The number of primary amides is 1. The van der Waals surface area contributed by atoms with Crippen molar-refractivity contribution in [3.05, 3.63) is 59.7 Å². The average molecular weight is 456 g/mol. The number of aliphatic hydroxyl groups excluding tert-OH is 1. The Hall–Kier alpha value is -2.61. The molecule has 180 valence electrons. The smallest absolute Gasteiger partial charge is 0.239 e. The van der Waals surface area contributed by atoms with Gasteiger partial charge in [0.2, 0.25) is 5.91 Å². The Labute approximate surface area is 197 Å². The molecule has 1 amide bonds. The van der Waals surface area contributed by atoms with E-state index in [2.05, 4.69) is 35.8 Å². The SMILES string of the molecule is COc1ccccc1OCC(O)CN1CCN(C(C(N)=O)c2ccc(CC(C)C)cc2)CC1. The van der Waals surface area contributed by atoms with Crippen LogP contribution >= 0.6 is 0 Å². The van der Waals surface area contributed by atoms with Crippen molar-refractivity contribution in [3.63, 3.8) is 0 Å². The summed E-state index contributed by atoms with van der Waals surface area (Å²) < 4.78 is 11.0. The van der Waals surface area contributed by atoms with Gasteiger partial charge in [-0.1, -0.05) is 50.2 Å². The third-order valence-corrected chi connectivity index (χ3v) is 5.95. The van der Waals surface area contributed by atoms with Crippen molar-refractivity contribution in [1.29, 1.82) is 0 Å². The van der Waals surface area contributed by atoms with Crippen LogP contribution in [0, 0.1) is 5.92 Å². The lowest BCUT2D eigenvalue weighted by atomic mass is 9.98. The van der Waals surface area contributed by atoms with E-state index in [-0.39, 0.29) is 12.5 Å². The van der Waals surface area contributed by atoms with Gasteiger partial charge in [-0.05, 0) is 35.6 Å². The van der Waals surface area contributed by atoms with Gasteiger partial charge < -0.3 is 20.3 Å². The molecular weight excluding hydrogens is 418 g/mol. The maximum Gasteiger partial charge on any atom is 0.239 e. The zero-order valence-corrected chi connectivity index (χ0v) is 19.9. The summed E-state index contributed by atoms with van der Waals surface area (Å²) in [5.41, 5.74) is 8.00. The average Bonchev–Trinajstić information content (AvgIpc) is 2.80. The molecule has 0 radical (unpaired) electrons. The fourth-order valence-corrected chi connectivity index (χ4v) is 4.34. The molecular formula is C26H37N3O4. The summed E-state index contributed by atoms with van der Waals surface area (Å²) in [6.07, 6.45) is 0.394. The third-order valence-electron chi connectivity index (χ3n) is 5.95. The minimum Gasteiger partial charge on any atom is -0.493 e. The molecule has 0 aliphatic carbocycles. The van der Waals surface area contributed by atoms with Crippen LogP contribution in [0.15, 0.2) is 48.5 Å². The molecule has 0 spiro atoms. The zero-order chi connectivity index (χ0) is 23.8. The number of piperazine rings is 1. The first-order valence-corrected chi connectivity index (χ1v) is 11.7. The van der Waals surface area contributed by atoms with Crippen molar-refractivity contribution in [2.24, 2.45) is 11.7 Å². The monoisotopic (exact) mass is 455 g/mol. The number of methoxy groups -OCH3 is 1. The van der Waals surface area contributed by atoms with E-state index >= 15 is 0 Å². The highest BCUT2D eigenvalue weighted by Crippen LogP contribution is 2.26. The minimum atomic E-state index is -0.623. The van der Waals surface area contributed by atoms with Crippen LogP contribution in [0.25, 0.3) is 0 Å². The molecule has 1 aliphatic heterocycles. The number of nitrogens with zero attached hydrogens (tertiary/aromatic N) is 2. The van der Waals surface area contributed by atoms with E-state index in [0.717, 1.165) is 25.1 Å². The van der Waals surface area contributed by atoms with Gasteiger partial charge in [-0.15, -0.1) is 0 Å². The second-order valence-corrected chi connectivity index (χ2v) is 9.10. The first kappa shape index (κ1) is 25.0. The lowest BCUT2D eigenvalue weighted by Crippen LogP contribution is -2.52. The van der Waals surface area contributed by atoms with E-state index in [1.54, 1.807) is 7.11 Å². The third kappa shape index (κ3) is 7.19. The van der Waals surface area contributed by atoms with Crippen molar-refractivity contribution in [1.82, 2.24) is 9.80 Å². The van der Waals surface area contributed by atoms with Crippen LogP contribution in [0.4, 0.5) is 0 Å². The second-order valence-electron chi connectivity index (χ2n) is 9.10. The van der Waals surface area contributed by atoms with Crippen LogP contribution in [-0.2, 0) is 11.2 Å². The number of carbonyl (C=O) groups excluding carboxylic acids is 1. The number of carbonyl (C=O) groups is 1. The predicted octanol–water partition coefficient (Wildman–Crippen LogP) is 2.48. The summed E-state index contributed by atoms with van der Waals surface area (Å²) in [6.45, 7) is 8.01. The molecule has 7 heteroatoms. The zero-order valence-electron chi connectivity index (χ0n) is 19.9. The second kappa shape index (κ2) is 12.0. The molecule has 3 rings (SSSR count). The van der Waals surface area contributed by atoms with Crippen LogP contribution in [0.5, 0.6) is 11.5 Å². The molecule has 3 N–H and O–H groups in total. The van der Waals surface area contributed by atoms with E-state index in [1.807, 2.05) is 36.4 Å². The highest BCUT2D eigenvalue weighted by atomic mass is 16.5. The van der Waals surface area contributed by atoms with Gasteiger partial charge in [-0.25, -0.2) is 0 Å². The molecule has 1 fully saturated rings. The van der Waals surface area contributed by atoms with Crippen LogP contribution < -0.4 is 15.2 Å². The highest BCUT2D eigenvalue weighted by molar-refractivity contribution is 5.81. The van der Waals surface area contributed by atoms with Crippen molar-refractivity contribution < 1.29 is 19.4 Å². The van der Waals surface area contributed by atoms with Gasteiger partial charge in [0.1, 0.15) is 18.8 Å². The number of benzene rings is 2. The van der Waals surface area contributed by atoms with E-state index in [1.165, 1.54) is 5.56 Å². The van der Waals surface area contributed by atoms with Gasteiger partial charge in [0.25, 0.3) is 0 Å². The predicted molar refractivity (Wildman–Crippen MR) is 129 cm³/mol. The number of nitrogens with two attached hydrogens (primary N) is 1. The largest absolute Gasteiger partial charge is 0.493 e. The van der Waals surface area contributed by atoms with E-state index in [0.29, 0.717) is 37.1 Å². The van der Waals surface area contributed by atoms with Gasteiger partial charge in [0, 0.05) is 32.7 Å². The van der Waals surface area contributed by atoms with E-state index < -0.39 is 12.1 Å². The number of rotatable bonds is 11. The maximum atomic E-state index is 12.3. The molecule has 2 aromatic carbocycles. The molecule has 1 aliphatic rings. The Morgan fingerprint density at radius 3 is 2.24 bits per heavy atom. The number of para-hydroxylation sites is 2. The van der Waals surface area contributed by atoms with Gasteiger partial charge >= 0.3 is 0 Å². The molecule has 2 atom stereocenters. The first-order chi connectivity index (χ1) is 15.9. The number of ether oxygens (including phenoxy) is 2. The summed E-state index contributed by atoms with van der Waals surface area (Å²) in [4.78, 5) is 16.6. The Kier molecular flexibility index (Phi) is 9.11. The number of hydrogen-bond acceptors (Lipinski definition) is 6. The minimum absolute atomic E-state index is 0.188. The number of aliphatic hydroxyl groups is 1. The van der Waals surface area contributed by atoms with Gasteiger partial charge in [0.05, 0.1) is 7.11 Å². The molecule has 2 unspecified atom stereocenters.